The summed E-state index contributed by atoms with van der Waals surface area (Å²) < 4.78 is 37.1. The molecule has 1 fully saturated rings. The van der Waals surface area contributed by atoms with Crippen molar-refractivity contribution in [2.45, 2.75) is 29.7 Å². The van der Waals surface area contributed by atoms with Crippen LogP contribution in [0.5, 0.6) is 0 Å². The number of benzene rings is 2. The second-order valence-corrected chi connectivity index (χ2v) is 8.97. The van der Waals surface area contributed by atoms with E-state index in [1.807, 2.05) is 12.1 Å². The minimum Gasteiger partial charge on any atom is -0.356 e. The van der Waals surface area contributed by atoms with Gasteiger partial charge in [-0.3, -0.25) is 4.99 Å². The summed E-state index contributed by atoms with van der Waals surface area (Å²) in [6.45, 7) is 1.12. The zero-order valence-electron chi connectivity index (χ0n) is 15.5. The topological polar surface area (TPSA) is 70.6 Å². The largest absolute Gasteiger partial charge is 0.356 e. The fourth-order valence-corrected chi connectivity index (χ4v) is 3.73. The van der Waals surface area contributed by atoms with E-state index in [0.717, 1.165) is 24.0 Å². The third kappa shape index (κ3) is 4.66. The molecule has 0 bridgehead atoms. The van der Waals surface area contributed by atoms with E-state index in [1.165, 1.54) is 12.3 Å². The Kier molecular flexibility index (Phi) is 5.51. The van der Waals surface area contributed by atoms with Crippen molar-refractivity contribution < 1.29 is 12.8 Å². The normalized spacial score (nSPS) is 16.0. The molecule has 0 aromatic heterocycles. The molecule has 7 heteroatoms. The van der Waals surface area contributed by atoms with E-state index < -0.39 is 9.84 Å². The first kappa shape index (κ1) is 19.4. The van der Waals surface area contributed by atoms with Crippen LogP contribution in [0.15, 0.2) is 58.4 Å². The first-order chi connectivity index (χ1) is 12.8. The number of nitrogens with zero attached hydrogens (tertiary/aromatic N) is 1. The molecule has 1 aliphatic rings. The van der Waals surface area contributed by atoms with Crippen LogP contribution in [0.25, 0.3) is 0 Å². The zero-order chi connectivity index (χ0) is 19.5. The average Bonchev–Trinajstić information content (AvgIpc) is 3.43. The van der Waals surface area contributed by atoms with Gasteiger partial charge in [0.2, 0.25) is 0 Å². The van der Waals surface area contributed by atoms with Crippen molar-refractivity contribution in [1.82, 2.24) is 10.6 Å². The lowest BCUT2D eigenvalue weighted by Gasteiger charge is -2.19. The lowest BCUT2D eigenvalue weighted by molar-refractivity contribution is 0.559. The fraction of sp³-hybridized carbons (Fsp3) is 0.350. The number of rotatable bonds is 6. The van der Waals surface area contributed by atoms with Crippen LogP contribution in [0.1, 0.15) is 24.0 Å². The molecule has 2 aromatic carbocycles. The fourth-order valence-electron chi connectivity index (χ4n) is 3.10. The quantitative estimate of drug-likeness (QED) is 0.589. The molecule has 0 spiro atoms. The summed E-state index contributed by atoms with van der Waals surface area (Å²) in [5.74, 6) is 0.468. The molecule has 1 saturated carbocycles. The number of halogens is 1. The standard InChI is InChI=1S/C20H24FN3O2S/c1-22-19(23-13-15-7-9-16(10-8-15)27(2,25)26)24-14-20(11-12-20)17-5-3-4-6-18(17)21/h3-10H,11-14H2,1-2H3,(H2,22,23,24). The molecule has 0 saturated heterocycles. The van der Waals surface area contributed by atoms with Gasteiger partial charge in [-0.2, -0.15) is 0 Å². The van der Waals surface area contributed by atoms with Gasteiger partial charge in [-0.25, -0.2) is 12.8 Å². The molecular weight excluding hydrogens is 365 g/mol. The smallest absolute Gasteiger partial charge is 0.191 e. The molecule has 5 nitrogen and oxygen atoms in total. The average molecular weight is 389 g/mol. The lowest BCUT2D eigenvalue weighted by atomic mass is 9.95. The Morgan fingerprint density at radius 2 is 1.78 bits per heavy atom. The van der Waals surface area contributed by atoms with Crippen LogP contribution in [0.3, 0.4) is 0 Å². The molecule has 2 N–H and O–H groups in total. The minimum absolute atomic E-state index is 0.161. The van der Waals surface area contributed by atoms with Crippen molar-refractivity contribution >= 4 is 15.8 Å². The van der Waals surface area contributed by atoms with Crippen LogP contribution in [-0.2, 0) is 21.8 Å². The van der Waals surface area contributed by atoms with Crippen LogP contribution in [-0.4, -0.2) is 34.2 Å². The Hall–Kier alpha value is -2.41. The highest BCUT2D eigenvalue weighted by atomic mass is 32.2. The minimum atomic E-state index is -3.19. The number of hydrogen-bond donors (Lipinski definition) is 2. The van der Waals surface area contributed by atoms with Crippen molar-refractivity contribution in [3.05, 3.63) is 65.5 Å². The number of nitrogens with one attached hydrogen (secondary N) is 2. The molecule has 0 aliphatic heterocycles. The number of hydrogen-bond acceptors (Lipinski definition) is 3. The van der Waals surface area contributed by atoms with Gasteiger partial charge in [-0.05, 0) is 42.2 Å². The Balaban J connectivity index is 1.57. The predicted octanol–water partition coefficient (Wildman–Crippen LogP) is 2.63. The maximum absolute atomic E-state index is 14.1. The van der Waals surface area contributed by atoms with Crippen LogP contribution in [0.2, 0.25) is 0 Å². The second-order valence-electron chi connectivity index (χ2n) is 6.96. The Labute approximate surface area is 159 Å². The van der Waals surface area contributed by atoms with E-state index in [-0.39, 0.29) is 11.2 Å². The maximum atomic E-state index is 14.1. The van der Waals surface area contributed by atoms with Gasteiger partial charge in [0, 0.05) is 31.8 Å². The van der Waals surface area contributed by atoms with Crippen LogP contribution in [0.4, 0.5) is 4.39 Å². The van der Waals surface area contributed by atoms with Crippen LogP contribution >= 0.6 is 0 Å². The molecule has 0 unspecified atom stereocenters. The summed E-state index contributed by atoms with van der Waals surface area (Å²) in [6, 6.07) is 13.7. The van der Waals surface area contributed by atoms with Gasteiger partial charge in [0.1, 0.15) is 5.82 Å². The van der Waals surface area contributed by atoms with E-state index in [2.05, 4.69) is 15.6 Å². The highest BCUT2D eigenvalue weighted by molar-refractivity contribution is 7.90. The molecule has 0 radical (unpaired) electrons. The SMILES string of the molecule is CN=C(NCc1ccc(S(C)(=O)=O)cc1)NCC1(c2ccccc2F)CC1. The molecule has 1 aliphatic carbocycles. The van der Waals surface area contributed by atoms with Gasteiger partial charge in [-0.15, -0.1) is 0 Å². The Morgan fingerprint density at radius 3 is 2.33 bits per heavy atom. The molecular formula is C20H24FN3O2S. The van der Waals surface area contributed by atoms with Crippen molar-refractivity contribution in [2.75, 3.05) is 19.8 Å². The Bertz CT molecular complexity index is 936. The van der Waals surface area contributed by atoms with Gasteiger partial charge < -0.3 is 10.6 Å². The molecule has 3 rings (SSSR count). The third-order valence-electron chi connectivity index (χ3n) is 4.93. The first-order valence-electron chi connectivity index (χ1n) is 8.83. The van der Waals surface area contributed by atoms with E-state index in [0.29, 0.717) is 23.9 Å². The summed E-state index contributed by atoms with van der Waals surface area (Å²) in [5.41, 5.74) is 1.53. The molecule has 144 valence electrons. The highest BCUT2D eigenvalue weighted by Gasteiger charge is 2.45. The van der Waals surface area contributed by atoms with Gasteiger partial charge in [0.05, 0.1) is 4.90 Å². The van der Waals surface area contributed by atoms with Crippen molar-refractivity contribution in [3.8, 4) is 0 Å². The molecule has 0 atom stereocenters. The van der Waals surface area contributed by atoms with Crippen LogP contribution < -0.4 is 10.6 Å². The molecule has 0 heterocycles. The van der Waals surface area contributed by atoms with Gasteiger partial charge in [0.15, 0.2) is 15.8 Å². The maximum Gasteiger partial charge on any atom is 0.191 e. The second kappa shape index (κ2) is 7.68. The third-order valence-corrected chi connectivity index (χ3v) is 6.06. The molecule has 0 amide bonds. The van der Waals surface area contributed by atoms with Crippen molar-refractivity contribution in [1.29, 1.82) is 0 Å². The lowest BCUT2D eigenvalue weighted by Crippen LogP contribution is -2.41. The summed E-state index contributed by atoms with van der Waals surface area (Å²) in [6.07, 6.45) is 3.09. The summed E-state index contributed by atoms with van der Waals surface area (Å²) in [7, 11) is -1.51. The summed E-state index contributed by atoms with van der Waals surface area (Å²) in [5, 5.41) is 6.49. The first-order valence-corrected chi connectivity index (χ1v) is 10.7. The summed E-state index contributed by atoms with van der Waals surface area (Å²) >= 11 is 0. The van der Waals surface area contributed by atoms with Crippen molar-refractivity contribution in [2.24, 2.45) is 4.99 Å². The van der Waals surface area contributed by atoms with E-state index in [4.69, 9.17) is 0 Å². The predicted molar refractivity (Wildman–Crippen MR) is 105 cm³/mol. The van der Waals surface area contributed by atoms with Crippen molar-refractivity contribution in [3.63, 3.8) is 0 Å². The highest BCUT2D eigenvalue weighted by Crippen LogP contribution is 2.48. The van der Waals surface area contributed by atoms with E-state index in [1.54, 1.807) is 37.4 Å². The molecule has 27 heavy (non-hydrogen) atoms. The number of guanidine groups is 1. The van der Waals surface area contributed by atoms with Gasteiger partial charge in [0.25, 0.3) is 0 Å². The summed E-state index contributed by atoms with van der Waals surface area (Å²) in [4.78, 5) is 4.51. The zero-order valence-corrected chi connectivity index (χ0v) is 16.3. The van der Waals surface area contributed by atoms with Gasteiger partial charge >= 0.3 is 0 Å². The molecule has 2 aromatic rings. The number of sulfone groups is 1. The van der Waals surface area contributed by atoms with Gasteiger partial charge in [-0.1, -0.05) is 30.3 Å². The van der Waals surface area contributed by atoms with Crippen LogP contribution in [0, 0.1) is 5.82 Å². The number of aliphatic imine (C=N–C) groups is 1. The monoisotopic (exact) mass is 389 g/mol. The van der Waals surface area contributed by atoms with E-state index in [9.17, 15) is 12.8 Å². The van der Waals surface area contributed by atoms with E-state index >= 15 is 0 Å². The Morgan fingerprint density at radius 1 is 1.11 bits per heavy atom.